The summed E-state index contributed by atoms with van der Waals surface area (Å²) in [6.07, 6.45) is 2.91. The van der Waals surface area contributed by atoms with Crippen molar-refractivity contribution in [1.29, 1.82) is 0 Å². The summed E-state index contributed by atoms with van der Waals surface area (Å²) < 4.78 is 6.79. The number of benzene rings is 1. The second-order valence-electron chi connectivity index (χ2n) is 7.34. The van der Waals surface area contributed by atoms with Crippen molar-refractivity contribution < 1.29 is 9.63 Å². The maximum Gasteiger partial charge on any atom is 0.273 e. The van der Waals surface area contributed by atoms with E-state index in [4.69, 9.17) is 4.52 Å². The molecule has 1 aromatic carbocycles. The van der Waals surface area contributed by atoms with E-state index >= 15 is 0 Å². The zero-order valence-corrected chi connectivity index (χ0v) is 17.6. The minimum atomic E-state index is -0.369. The van der Waals surface area contributed by atoms with Crippen molar-refractivity contribution in [1.82, 2.24) is 29.9 Å². The summed E-state index contributed by atoms with van der Waals surface area (Å²) in [5, 5.41) is 23.4. The fraction of sp³-hybridized carbons (Fsp3) is 0.136. The molecule has 0 fully saturated rings. The Labute approximate surface area is 187 Å². The first-order valence-corrected chi connectivity index (χ1v) is 10.1. The first-order valence-electron chi connectivity index (χ1n) is 10.1. The minimum Gasteiger partial charge on any atom is -0.394 e. The molecule has 0 saturated carbocycles. The second kappa shape index (κ2) is 8.55. The van der Waals surface area contributed by atoms with E-state index < -0.39 is 0 Å². The minimum absolute atomic E-state index is 0.127. The number of aliphatic hydroxyl groups excluding tert-OH is 1. The molecular formula is C22H20N8O3. The zero-order chi connectivity index (χ0) is 22.8. The zero-order valence-electron chi connectivity index (χ0n) is 17.6. The van der Waals surface area contributed by atoms with Crippen LogP contribution in [0.15, 0.2) is 70.4 Å². The molecule has 0 spiro atoms. The lowest BCUT2D eigenvalue weighted by atomic mass is 10.1. The number of aromatic nitrogens is 6. The van der Waals surface area contributed by atoms with Crippen LogP contribution in [-0.2, 0) is 7.05 Å². The second-order valence-corrected chi connectivity index (χ2v) is 7.34. The molecule has 1 atom stereocenters. The van der Waals surface area contributed by atoms with Gasteiger partial charge in [0.25, 0.3) is 11.4 Å². The highest BCUT2D eigenvalue weighted by atomic mass is 16.5. The number of aryl methyl sites for hydroxylation is 1. The van der Waals surface area contributed by atoms with Gasteiger partial charge in [0, 0.05) is 19.3 Å². The lowest BCUT2D eigenvalue weighted by molar-refractivity contribution is 0.276. The molecule has 0 saturated heterocycles. The Balaban J connectivity index is 1.50. The van der Waals surface area contributed by atoms with E-state index in [1.165, 1.54) is 6.33 Å². The molecule has 0 amide bonds. The van der Waals surface area contributed by atoms with E-state index in [9.17, 15) is 9.90 Å². The number of H-pyrrole nitrogens is 1. The Kier molecular flexibility index (Phi) is 5.29. The van der Waals surface area contributed by atoms with Gasteiger partial charge in [-0.1, -0.05) is 35.5 Å². The lowest BCUT2D eigenvalue weighted by Crippen LogP contribution is -2.15. The van der Waals surface area contributed by atoms with Gasteiger partial charge < -0.3 is 20.3 Å². The van der Waals surface area contributed by atoms with Crippen molar-refractivity contribution in [3.05, 3.63) is 77.0 Å². The van der Waals surface area contributed by atoms with Gasteiger partial charge in [0.2, 0.25) is 0 Å². The SMILES string of the molecule is Cn1[nH]c(=O)c2ccc(Nc3cc(N[C@H](CO)c4ccccc4)c(-c4ncno4)cn3)nc21. The van der Waals surface area contributed by atoms with Gasteiger partial charge in [0.05, 0.1) is 29.3 Å². The van der Waals surface area contributed by atoms with Crippen LogP contribution in [0.4, 0.5) is 17.3 Å². The quantitative estimate of drug-likeness (QED) is 0.297. The fourth-order valence-corrected chi connectivity index (χ4v) is 3.56. The Morgan fingerprint density at radius 2 is 2.00 bits per heavy atom. The first-order chi connectivity index (χ1) is 16.1. The number of aromatic amines is 1. The number of hydrogen-bond donors (Lipinski definition) is 4. The topological polar surface area (TPSA) is 147 Å². The molecule has 0 aliphatic heterocycles. The highest BCUT2D eigenvalue weighted by Crippen LogP contribution is 2.31. The van der Waals surface area contributed by atoms with Gasteiger partial charge >= 0.3 is 0 Å². The number of anilines is 3. The molecule has 4 aromatic heterocycles. The third-order valence-electron chi connectivity index (χ3n) is 5.17. The van der Waals surface area contributed by atoms with Crippen LogP contribution in [-0.4, -0.2) is 41.6 Å². The van der Waals surface area contributed by atoms with Crippen molar-refractivity contribution in [3.63, 3.8) is 0 Å². The molecule has 33 heavy (non-hydrogen) atoms. The summed E-state index contributed by atoms with van der Waals surface area (Å²) in [4.78, 5) is 25.0. The molecule has 4 heterocycles. The fourth-order valence-electron chi connectivity index (χ4n) is 3.56. The highest BCUT2D eigenvalue weighted by Gasteiger charge is 2.17. The molecule has 0 bridgehead atoms. The maximum absolute atomic E-state index is 11.9. The molecule has 5 aromatic rings. The summed E-state index contributed by atoms with van der Waals surface area (Å²) >= 11 is 0. The molecular weight excluding hydrogens is 424 g/mol. The Morgan fingerprint density at radius 1 is 1.15 bits per heavy atom. The summed E-state index contributed by atoms with van der Waals surface area (Å²) in [7, 11) is 1.72. The van der Waals surface area contributed by atoms with Crippen LogP contribution in [0.5, 0.6) is 0 Å². The number of aliphatic hydroxyl groups is 1. The summed E-state index contributed by atoms with van der Waals surface area (Å²) in [6.45, 7) is -0.127. The molecule has 0 unspecified atom stereocenters. The normalized spacial score (nSPS) is 12.1. The van der Waals surface area contributed by atoms with Crippen LogP contribution in [0.2, 0.25) is 0 Å². The van der Waals surface area contributed by atoms with E-state index in [1.54, 1.807) is 36.1 Å². The summed E-state index contributed by atoms with van der Waals surface area (Å²) in [5.74, 6) is 1.31. The van der Waals surface area contributed by atoms with Crippen LogP contribution in [0.25, 0.3) is 22.5 Å². The number of hydrogen-bond acceptors (Lipinski definition) is 9. The van der Waals surface area contributed by atoms with Gasteiger partial charge in [-0.15, -0.1) is 0 Å². The molecule has 11 nitrogen and oxygen atoms in total. The number of rotatable bonds is 7. The summed E-state index contributed by atoms with van der Waals surface area (Å²) in [5.41, 5.74) is 2.47. The molecule has 4 N–H and O–H groups in total. The number of nitrogens with zero attached hydrogens (tertiary/aromatic N) is 5. The Morgan fingerprint density at radius 3 is 2.76 bits per heavy atom. The van der Waals surface area contributed by atoms with Gasteiger partial charge in [-0.05, 0) is 17.7 Å². The van der Waals surface area contributed by atoms with Crippen molar-refractivity contribution in [3.8, 4) is 11.5 Å². The predicted molar refractivity (Wildman–Crippen MR) is 122 cm³/mol. The van der Waals surface area contributed by atoms with Crippen LogP contribution >= 0.6 is 0 Å². The van der Waals surface area contributed by atoms with Crippen molar-refractivity contribution in [2.24, 2.45) is 7.05 Å². The third-order valence-corrected chi connectivity index (χ3v) is 5.17. The monoisotopic (exact) mass is 444 g/mol. The van der Waals surface area contributed by atoms with Gasteiger partial charge in [-0.3, -0.25) is 14.6 Å². The van der Waals surface area contributed by atoms with E-state index in [1.807, 2.05) is 30.3 Å². The van der Waals surface area contributed by atoms with Crippen LogP contribution in [0, 0.1) is 0 Å². The molecule has 11 heteroatoms. The van der Waals surface area contributed by atoms with Crippen LogP contribution in [0.1, 0.15) is 11.6 Å². The van der Waals surface area contributed by atoms with Crippen molar-refractivity contribution >= 4 is 28.4 Å². The molecule has 0 radical (unpaired) electrons. The average molecular weight is 444 g/mol. The van der Waals surface area contributed by atoms with E-state index in [-0.39, 0.29) is 18.2 Å². The first kappa shape index (κ1) is 20.4. The van der Waals surface area contributed by atoms with Gasteiger partial charge in [-0.25, -0.2) is 9.97 Å². The number of fused-ring (bicyclic) bond motifs is 1. The molecule has 0 aliphatic rings. The molecule has 166 valence electrons. The molecule has 5 rings (SSSR count). The van der Waals surface area contributed by atoms with Gasteiger partial charge in [0.1, 0.15) is 11.6 Å². The maximum atomic E-state index is 11.9. The van der Waals surface area contributed by atoms with E-state index in [0.29, 0.717) is 39.8 Å². The summed E-state index contributed by atoms with van der Waals surface area (Å²) in [6, 6.07) is 14.4. The van der Waals surface area contributed by atoms with Crippen LogP contribution < -0.4 is 16.2 Å². The molecule has 0 aliphatic carbocycles. The van der Waals surface area contributed by atoms with Gasteiger partial charge in [0.15, 0.2) is 12.0 Å². The predicted octanol–water partition coefficient (Wildman–Crippen LogP) is 2.60. The Bertz CT molecular complexity index is 1440. The number of pyridine rings is 2. The van der Waals surface area contributed by atoms with Crippen LogP contribution in [0.3, 0.4) is 0 Å². The standard InChI is InChI=1S/C22H20N8O3/c1-30-20-14(21(32)29-30)7-8-18(28-20)27-19-9-16(15(10-23-19)22-24-12-25-33-22)26-17(11-31)13-5-3-2-4-6-13/h2-10,12,17,31H,11H2,1H3,(H,29,32)(H2,23,26,27,28)/t17-/m1/s1. The average Bonchev–Trinajstić information content (AvgIpc) is 3.46. The van der Waals surface area contributed by atoms with Gasteiger partial charge in [-0.2, -0.15) is 4.98 Å². The highest BCUT2D eigenvalue weighted by molar-refractivity contribution is 5.78. The smallest absolute Gasteiger partial charge is 0.273 e. The van der Waals surface area contributed by atoms with E-state index in [2.05, 4.69) is 35.8 Å². The van der Waals surface area contributed by atoms with Crippen molar-refractivity contribution in [2.75, 3.05) is 17.2 Å². The third kappa shape index (κ3) is 4.04. The Hall–Kier alpha value is -4.51. The lowest BCUT2D eigenvalue weighted by Gasteiger charge is -2.20. The van der Waals surface area contributed by atoms with Crippen molar-refractivity contribution in [2.45, 2.75) is 6.04 Å². The van der Waals surface area contributed by atoms with E-state index in [0.717, 1.165) is 5.56 Å². The number of nitrogens with one attached hydrogen (secondary N) is 3. The largest absolute Gasteiger partial charge is 0.394 e.